The highest BCUT2D eigenvalue weighted by atomic mass is 79.9. The molecule has 3 rings (SSSR count). The second-order valence-corrected chi connectivity index (χ2v) is 7.04. The van der Waals surface area contributed by atoms with Crippen LogP contribution in [0.3, 0.4) is 0 Å². The molecule has 1 aromatic carbocycles. The van der Waals surface area contributed by atoms with Crippen LogP contribution in [0.1, 0.15) is 25.7 Å². The molecule has 2 aliphatic rings. The van der Waals surface area contributed by atoms with Crippen molar-refractivity contribution in [3.63, 3.8) is 0 Å². The zero-order chi connectivity index (χ0) is 15.0. The molecule has 114 valence electrons. The van der Waals surface area contributed by atoms with E-state index in [4.69, 9.17) is 0 Å². The summed E-state index contributed by atoms with van der Waals surface area (Å²) in [5, 5.41) is 14.2. The molecule has 0 saturated carbocycles. The van der Waals surface area contributed by atoms with Gasteiger partial charge in [-0.2, -0.15) is 0 Å². The molecular formula is C15H20BrN3O2. The first kappa shape index (κ1) is 14.8. The smallest absolute Gasteiger partial charge is 0.270 e. The third-order valence-corrected chi connectivity index (χ3v) is 5.60. The Kier molecular flexibility index (Phi) is 4.17. The highest BCUT2D eigenvalue weighted by Crippen LogP contribution is 2.37. The Hall–Kier alpha value is -1.14. The highest BCUT2D eigenvalue weighted by Gasteiger charge is 2.38. The molecule has 2 heterocycles. The Morgan fingerprint density at radius 2 is 2.05 bits per heavy atom. The molecular weight excluding hydrogens is 334 g/mol. The molecule has 0 radical (unpaired) electrons. The van der Waals surface area contributed by atoms with Crippen molar-refractivity contribution >= 4 is 27.3 Å². The number of rotatable bonds is 4. The van der Waals surface area contributed by atoms with E-state index in [1.165, 1.54) is 25.7 Å². The summed E-state index contributed by atoms with van der Waals surface area (Å²) in [7, 11) is 2.25. The topological polar surface area (TPSA) is 58.4 Å². The van der Waals surface area contributed by atoms with Crippen LogP contribution < -0.4 is 5.32 Å². The van der Waals surface area contributed by atoms with Gasteiger partial charge in [0.2, 0.25) is 0 Å². The minimum Gasteiger partial charge on any atom is -0.384 e. The van der Waals surface area contributed by atoms with E-state index < -0.39 is 0 Å². The van der Waals surface area contributed by atoms with Crippen LogP contribution in [0.15, 0.2) is 22.7 Å². The monoisotopic (exact) mass is 353 g/mol. The molecule has 2 saturated heterocycles. The molecule has 2 unspecified atom stereocenters. The molecule has 21 heavy (non-hydrogen) atoms. The summed E-state index contributed by atoms with van der Waals surface area (Å²) in [5.41, 5.74) is 1.05. The van der Waals surface area contributed by atoms with E-state index >= 15 is 0 Å². The van der Waals surface area contributed by atoms with E-state index in [0.717, 1.165) is 28.8 Å². The lowest BCUT2D eigenvalue weighted by molar-refractivity contribution is -0.384. The summed E-state index contributed by atoms with van der Waals surface area (Å²) in [5.74, 6) is 0.695. The minimum absolute atomic E-state index is 0.116. The average Bonchev–Trinajstić information content (AvgIpc) is 2.68. The Labute approximate surface area is 133 Å². The molecule has 1 N–H and O–H groups in total. The molecule has 0 spiro atoms. The van der Waals surface area contributed by atoms with Gasteiger partial charge in [-0.05, 0) is 60.6 Å². The number of anilines is 1. The largest absolute Gasteiger partial charge is 0.384 e. The maximum atomic E-state index is 10.7. The number of halogens is 1. The van der Waals surface area contributed by atoms with Crippen molar-refractivity contribution in [2.45, 2.75) is 37.8 Å². The van der Waals surface area contributed by atoms with Gasteiger partial charge in [0.15, 0.2) is 0 Å². The summed E-state index contributed by atoms with van der Waals surface area (Å²) in [6.07, 6.45) is 5.17. The van der Waals surface area contributed by atoms with Gasteiger partial charge in [0.25, 0.3) is 5.69 Å². The van der Waals surface area contributed by atoms with Crippen LogP contribution in [-0.4, -0.2) is 35.5 Å². The summed E-state index contributed by atoms with van der Waals surface area (Å²) in [4.78, 5) is 12.9. The first-order valence-corrected chi connectivity index (χ1v) is 8.23. The fraction of sp³-hybridized carbons (Fsp3) is 0.600. The predicted molar refractivity (Wildman–Crippen MR) is 86.6 cm³/mol. The number of non-ortho nitro benzene ring substituents is 1. The average molecular weight is 354 g/mol. The number of benzene rings is 1. The van der Waals surface area contributed by atoms with Gasteiger partial charge in [0.05, 0.1) is 4.92 Å². The zero-order valence-corrected chi connectivity index (χ0v) is 13.7. The third kappa shape index (κ3) is 3.06. The molecule has 2 aliphatic heterocycles. The van der Waals surface area contributed by atoms with Crippen molar-refractivity contribution in [1.82, 2.24) is 4.90 Å². The normalized spacial score (nSPS) is 28.6. The molecule has 0 amide bonds. The third-order valence-electron chi connectivity index (χ3n) is 4.94. The zero-order valence-electron chi connectivity index (χ0n) is 12.1. The summed E-state index contributed by atoms with van der Waals surface area (Å²) in [6.45, 7) is 0.942. The Bertz CT molecular complexity index is 538. The number of nitro groups is 1. The number of nitrogens with zero attached hydrogens (tertiary/aromatic N) is 2. The maximum absolute atomic E-state index is 10.7. The highest BCUT2D eigenvalue weighted by molar-refractivity contribution is 9.10. The summed E-state index contributed by atoms with van der Waals surface area (Å²) in [6, 6.07) is 6.38. The first-order valence-electron chi connectivity index (χ1n) is 7.44. The number of fused-ring (bicyclic) bond motifs is 2. The molecule has 2 fully saturated rings. The van der Waals surface area contributed by atoms with Gasteiger partial charge in [0, 0.05) is 40.9 Å². The number of nitro benzene ring substituents is 1. The van der Waals surface area contributed by atoms with Gasteiger partial charge in [0.1, 0.15) is 0 Å². The van der Waals surface area contributed by atoms with Crippen molar-refractivity contribution in [1.29, 1.82) is 0 Å². The van der Waals surface area contributed by atoms with Crippen LogP contribution >= 0.6 is 15.9 Å². The molecule has 6 heteroatoms. The number of hydrogen-bond acceptors (Lipinski definition) is 4. The lowest BCUT2D eigenvalue weighted by Crippen LogP contribution is -2.41. The van der Waals surface area contributed by atoms with E-state index in [9.17, 15) is 10.1 Å². The van der Waals surface area contributed by atoms with Crippen LogP contribution in [0.4, 0.5) is 11.4 Å². The van der Waals surface area contributed by atoms with Gasteiger partial charge < -0.3 is 10.2 Å². The van der Waals surface area contributed by atoms with E-state index in [1.807, 2.05) is 0 Å². The van der Waals surface area contributed by atoms with E-state index in [0.29, 0.717) is 5.92 Å². The minimum atomic E-state index is -0.372. The van der Waals surface area contributed by atoms with Crippen LogP contribution in [0.25, 0.3) is 0 Å². The van der Waals surface area contributed by atoms with Crippen LogP contribution in [0.2, 0.25) is 0 Å². The van der Waals surface area contributed by atoms with Gasteiger partial charge in [-0.15, -0.1) is 0 Å². The van der Waals surface area contributed by atoms with Gasteiger partial charge in [-0.1, -0.05) is 0 Å². The Morgan fingerprint density at radius 3 is 2.62 bits per heavy atom. The number of piperidine rings is 1. The van der Waals surface area contributed by atoms with Crippen LogP contribution in [0.5, 0.6) is 0 Å². The quantitative estimate of drug-likeness (QED) is 0.663. The van der Waals surface area contributed by atoms with Crippen molar-refractivity contribution in [2.24, 2.45) is 5.92 Å². The standard InChI is InChI=1S/C15H20BrN3O2/c1-18-11-2-3-12(18)7-10(6-11)9-17-15-5-4-13(19(20)21)8-14(15)16/h4-5,8,10-12,17H,2-3,6-7,9H2,1H3. The SMILES string of the molecule is CN1C2CCC1CC(CNc1ccc([N+](=O)[O-])cc1Br)C2. The number of hydrogen-bond donors (Lipinski definition) is 1. The first-order chi connectivity index (χ1) is 10.0. The molecule has 2 atom stereocenters. The summed E-state index contributed by atoms with van der Waals surface area (Å²) < 4.78 is 0.757. The Balaban J connectivity index is 1.60. The molecule has 0 aliphatic carbocycles. The molecule has 5 nitrogen and oxygen atoms in total. The van der Waals surface area contributed by atoms with Gasteiger partial charge in [-0.25, -0.2) is 0 Å². The van der Waals surface area contributed by atoms with Crippen LogP contribution in [0, 0.1) is 16.0 Å². The molecule has 1 aromatic rings. The predicted octanol–water partition coefficient (Wildman–Crippen LogP) is 3.64. The summed E-state index contributed by atoms with van der Waals surface area (Å²) >= 11 is 3.41. The van der Waals surface area contributed by atoms with Crippen LogP contribution in [-0.2, 0) is 0 Å². The van der Waals surface area contributed by atoms with E-state index in [2.05, 4.69) is 33.2 Å². The fourth-order valence-electron chi connectivity index (χ4n) is 3.71. The molecule has 2 bridgehead atoms. The van der Waals surface area contributed by atoms with E-state index in [-0.39, 0.29) is 10.6 Å². The van der Waals surface area contributed by atoms with Crippen molar-refractivity contribution in [3.05, 3.63) is 32.8 Å². The second-order valence-electron chi connectivity index (χ2n) is 6.19. The van der Waals surface area contributed by atoms with Crippen molar-refractivity contribution < 1.29 is 4.92 Å². The second kappa shape index (κ2) is 5.93. The maximum Gasteiger partial charge on any atom is 0.270 e. The van der Waals surface area contributed by atoms with Crippen molar-refractivity contribution in [3.8, 4) is 0 Å². The lowest BCUT2D eigenvalue weighted by Gasteiger charge is -2.36. The fourth-order valence-corrected chi connectivity index (χ4v) is 4.21. The van der Waals surface area contributed by atoms with E-state index in [1.54, 1.807) is 18.2 Å². The Morgan fingerprint density at radius 1 is 1.38 bits per heavy atom. The van der Waals surface area contributed by atoms with Gasteiger partial charge in [-0.3, -0.25) is 10.1 Å². The molecule has 0 aromatic heterocycles. The van der Waals surface area contributed by atoms with Gasteiger partial charge >= 0.3 is 0 Å². The van der Waals surface area contributed by atoms with Crippen molar-refractivity contribution in [2.75, 3.05) is 18.9 Å². The number of nitrogens with one attached hydrogen (secondary N) is 1. The lowest BCUT2D eigenvalue weighted by atomic mass is 9.91.